The molecule has 1 unspecified atom stereocenters. The Labute approximate surface area is 145 Å². The van der Waals surface area contributed by atoms with Gasteiger partial charge in [-0.05, 0) is 36.8 Å². The molecule has 0 saturated carbocycles. The predicted molar refractivity (Wildman–Crippen MR) is 90.8 cm³/mol. The molecule has 1 atom stereocenters. The lowest BCUT2D eigenvalue weighted by Crippen LogP contribution is -2.38. The molecule has 0 radical (unpaired) electrons. The molecule has 0 heterocycles. The third-order valence-electron chi connectivity index (χ3n) is 3.67. The van der Waals surface area contributed by atoms with Gasteiger partial charge in [-0.25, -0.2) is 4.79 Å². The Morgan fingerprint density at radius 1 is 1.12 bits per heavy atom. The summed E-state index contributed by atoms with van der Waals surface area (Å²) < 4.78 is 5.07. The molecule has 0 amide bonds. The number of nitrogens with zero attached hydrogens (tertiary/aromatic N) is 1. The van der Waals surface area contributed by atoms with E-state index in [1.54, 1.807) is 61.5 Å². The monoisotopic (exact) mass is 341 g/mol. The highest BCUT2D eigenvalue weighted by Gasteiger charge is 2.44. The molecular formula is C19H16ClNO3. The average molecular weight is 342 g/mol. The second-order valence-corrected chi connectivity index (χ2v) is 5.65. The molecule has 0 aromatic heterocycles. The van der Waals surface area contributed by atoms with Gasteiger partial charge < -0.3 is 4.74 Å². The molecular weight excluding hydrogens is 326 g/mol. The fourth-order valence-electron chi connectivity index (χ4n) is 2.40. The van der Waals surface area contributed by atoms with Crippen molar-refractivity contribution in [1.82, 2.24) is 0 Å². The van der Waals surface area contributed by atoms with Gasteiger partial charge in [0.1, 0.15) is 0 Å². The Hall–Kier alpha value is -2.64. The highest BCUT2D eigenvalue weighted by molar-refractivity contribution is 6.30. The molecule has 0 aliphatic rings. The van der Waals surface area contributed by atoms with Gasteiger partial charge in [0.25, 0.3) is 0 Å². The van der Waals surface area contributed by atoms with Crippen molar-refractivity contribution >= 4 is 23.4 Å². The first-order valence-corrected chi connectivity index (χ1v) is 7.84. The van der Waals surface area contributed by atoms with E-state index in [0.29, 0.717) is 16.1 Å². The third kappa shape index (κ3) is 3.64. The number of halogens is 1. The lowest BCUT2D eigenvalue weighted by molar-refractivity contribution is -0.147. The van der Waals surface area contributed by atoms with Crippen molar-refractivity contribution < 1.29 is 14.3 Å². The summed E-state index contributed by atoms with van der Waals surface area (Å²) in [4.78, 5) is 25.1. The fourth-order valence-corrected chi connectivity index (χ4v) is 2.52. The van der Waals surface area contributed by atoms with Crippen LogP contribution >= 0.6 is 11.6 Å². The molecule has 2 aromatic carbocycles. The van der Waals surface area contributed by atoms with Gasteiger partial charge in [0.15, 0.2) is 11.2 Å². The SMILES string of the molecule is CCOC(=O)C(C#N)(CC(=O)c1ccc(Cl)cc1)c1ccccc1. The Morgan fingerprint density at radius 3 is 2.29 bits per heavy atom. The van der Waals surface area contributed by atoms with E-state index in [-0.39, 0.29) is 18.8 Å². The van der Waals surface area contributed by atoms with Crippen LogP contribution in [0.15, 0.2) is 54.6 Å². The number of hydrogen-bond donors (Lipinski definition) is 0. The van der Waals surface area contributed by atoms with Crippen LogP contribution in [0.3, 0.4) is 0 Å². The number of ether oxygens (including phenoxy) is 1. The second kappa shape index (κ2) is 7.76. The lowest BCUT2D eigenvalue weighted by atomic mass is 9.76. The van der Waals surface area contributed by atoms with E-state index in [9.17, 15) is 14.9 Å². The number of benzene rings is 2. The summed E-state index contributed by atoms with van der Waals surface area (Å²) in [5.74, 6) is -1.05. The Balaban J connectivity index is 2.43. The Bertz CT molecular complexity index is 765. The van der Waals surface area contributed by atoms with Crippen molar-refractivity contribution in [2.75, 3.05) is 6.61 Å². The van der Waals surface area contributed by atoms with Crippen molar-refractivity contribution in [2.45, 2.75) is 18.8 Å². The normalized spacial score (nSPS) is 12.7. The van der Waals surface area contributed by atoms with Gasteiger partial charge in [0.2, 0.25) is 0 Å². The zero-order valence-corrected chi connectivity index (χ0v) is 13.9. The maximum atomic E-state index is 12.6. The predicted octanol–water partition coefficient (Wildman–Crippen LogP) is 3.94. The van der Waals surface area contributed by atoms with E-state index in [0.717, 1.165) is 0 Å². The minimum Gasteiger partial charge on any atom is -0.465 e. The Morgan fingerprint density at radius 2 is 1.75 bits per heavy atom. The van der Waals surface area contributed by atoms with E-state index in [2.05, 4.69) is 0 Å². The summed E-state index contributed by atoms with van der Waals surface area (Å²) in [6.45, 7) is 1.79. The molecule has 0 spiro atoms. The van der Waals surface area contributed by atoms with Crippen LogP contribution in [0.4, 0.5) is 0 Å². The van der Waals surface area contributed by atoms with Crippen molar-refractivity contribution in [2.24, 2.45) is 0 Å². The number of nitriles is 1. The van der Waals surface area contributed by atoms with Gasteiger partial charge in [-0.3, -0.25) is 4.79 Å². The molecule has 24 heavy (non-hydrogen) atoms. The largest absolute Gasteiger partial charge is 0.465 e. The minimum absolute atomic E-state index is 0.129. The van der Waals surface area contributed by atoms with Gasteiger partial charge >= 0.3 is 5.97 Å². The zero-order chi connectivity index (χ0) is 17.6. The van der Waals surface area contributed by atoms with Gasteiger partial charge in [-0.1, -0.05) is 41.9 Å². The number of rotatable bonds is 6. The van der Waals surface area contributed by atoms with Crippen LogP contribution in [-0.2, 0) is 14.9 Å². The zero-order valence-electron chi connectivity index (χ0n) is 13.2. The van der Waals surface area contributed by atoms with E-state index < -0.39 is 11.4 Å². The summed E-state index contributed by atoms with van der Waals surface area (Å²) in [6, 6.07) is 16.8. The van der Waals surface area contributed by atoms with Crippen molar-refractivity contribution in [3.8, 4) is 6.07 Å². The first kappa shape index (κ1) is 17.7. The fraction of sp³-hybridized carbons (Fsp3) is 0.211. The quantitative estimate of drug-likeness (QED) is 0.589. The minimum atomic E-state index is -1.67. The van der Waals surface area contributed by atoms with Crippen LogP contribution in [0.2, 0.25) is 5.02 Å². The molecule has 4 nitrogen and oxygen atoms in total. The Kier molecular flexibility index (Phi) is 5.73. The first-order valence-electron chi connectivity index (χ1n) is 7.46. The average Bonchev–Trinajstić information content (AvgIpc) is 2.61. The van der Waals surface area contributed by atoms with Crippen molar-refractivity contribution in [3.05, 3.63) is 70.7 Å². The smallest absolute Gasteiger partial charge is 0.331 e. The molecule has 2 rings (SSSR count). The van der Waals surface area contributed by atoms with Crippen LogP contribution in [0.1, 0.15) is 29.3 Å². The summed E-state index contributed by atoms with van der Waals surface area (Å²) in [7, 11) is 0. The topological polar surface area (TPSA) is 67.2 Å². The van der Waals surface area contributed by atoms with Gasteiger partial charge in [-0.2, -0.15) is 5.26 Å². The number of esters is 1. The van der Waals surface area contributed by atoms with Gasteiger partial charge in [0, 0.05) is 17.0 Å². The number of Topliss-reactive ketones (excluding diaryl/α,β-unsaturated/α-hetero) is 1. The summed E-state index contributed by atoms with van der Waals surface area (Å²) in [6.07, 6.45) is -0.298. The lowest BCUT2D eigenvalue weighted by Gasteiger charge is -2.24. The van der Waals surface area contributed by atoms with Crippen LogP contribution in [-0.4, -0.2) is 18.4 Å². The van der Waals surface area contributed by atoms with Crippen molar-refractivity contribution in [1.29, 1.82) is 5.26 Å². The maximum Gasteiger partial charge on any atom is 0.331 e. The van der Waals surface area contributed by atoms with Crippen LogP contribution in [0, 0.1) is 11.3 Å². The first-order chi connectivity index (χ1) is 11.5. The second-order valence-electron chi connectivity index (χ2n) is 5.21. The molecule has 0 fully saturated rings. The molecule has 0 aliphatic carbocycles. The van der Waals surface area contributed by atoms with Crippen LogP contribution in [0.5, 0.6) is 0 Å². The molecule has 2 aromatic rings. The van der Waals surface area contributed by atoms with E-state index in [1.165, 1.54) is 0 Å². The molecule has 0 bridgehead atoms. The van der Waals surface area contributed by atoms with E-state index >= 15 is 0 Å². The molecule has 0 N–H and O–H groups in total. The number of ketones is 1. The third-order valence-corrected chi connectivity index (χ3v) is 3.93. The van der Waals surface area contributed by atoms with Gasteiger partial charge in [-0.15, -0.1) is 0 Å². The summed E-state index contributed by atoms with van der Waals surface area (Å²) >= 11 is 5.83. The van der Waals surface area contributed by atoms with E-state index in [4.69, 9.17) is 16.3 Å². The highest BCUT2D eigenvalue weighted by atomic mass is 35.5. The molecule has 122 valence electrons. The highest BCUT2D eigenvalue weighted by Crippen LogP contribution is 2.31. The number of carbonyl (C=O) groups is 2. The maximum absolute atomic E-state index is 12.6. The van der Waals surface area contributed by atoms with E-state index in [1.807, 2.05) is 6.07 Å². The van der Waals surface area contributed by atoms with Gasteiger partial charge in [0.05, 0.1) is 12.7 Å². The molecule has 0 saturated heterocycles. The van der Waals surface area contributed by atoms with Crippen molar-refractivity contribution in [3.63, 3.8) is 0 Å². The van der Waals surface area contributed by atoms with Crippen LogP contribution in [0.25, 0.3) is 0 Å². The van der Waals surface area contributed by atoms with Crippen LogP contribution < -0.4 is 0 Å². The molecule has 5 heteroatoms. The summed E-state index contributed by atoms with van der Waals surface area (Å²) in [5, 5.41) is 10.2. The standard InChI is InChI=1S/C19H16ClNO3/c1-2-24-18(23)19(13-21,15-6-4-3-5-7-15)12-17(22)14-8-10-16(20)11-9-14/h3-11H,2,12H2,1H3. The number of carbonyl (C=O) groups excluding carboxylic acids is 2. The number of hydrogen-bond acceptors (Lipinski definition) is 4. The molecule has 0 aliphatic heterocycles. The summed E-state index contributed by atoms with van der Waals surface area (Å²) in [5.41, 5.74) is -0.846.